The summed E-state index contributed by atoms with van der Waals surface area (Å²) in [6, 6.07) is 7.80. The van der Waals surface area contributed by atoms with Crippen LogP contribution in [0.4, 0.5) is 4.79 Å². The Labute approximate surface area is 162 Å². The Hall–Kier alpha value is -1.77. The summed E-state index contributed by atoms with van der Waals surface area (Å²) in [5, 5.41) is 11.3. The van der Waals surface area contributed by atoms with Crippen molar-refractivity contribution in [3.05, 3.63) is 41.1 Å². The molecule has 0 fully saturated rings. The topological polar surface area (TPSA) is 74.7 Å². The molecule has 6 nitrogen and oxygen atoms in total. The molecule has 1 heterocycles. The molecule has 0 aliphatic carbocycles. The number of amides is 1. The monoisotopic (exact) mass is 457 g/mol. The maximum absolute atomic E-state index is 12.3. The normalized spacial score (nSPS) is 14.5. The van der Waals surface area contributed by atoms with Gasteiger partial charge >= 0.3 is 6.09 Å². The molecule has 1 aliphatic heterocycles. The third-order valence-electron chi connectivity index (χ3n) is 3.64. The standard InChI is InChI=1S/C18H24IN3O3/c1-18(2,3)25-17(23)22-10-14(16(19)20)15(11-22)21-9-12-5-7-13(24-4)8-6-12/h5-8,20-21H,9-11H2,1-4H3. The van der Waals surface area contributed by atoms with Crippen molar-refractivity contribution in [2.24, 2.45) is 0 Å². The number of carbonyl (C=O) groups excluding carboxylic acids is 1. The summed E-state index contributed by atoms with van der Waals surface area (Å²) in [5.41, 5.74) is 2.29. The lowest BCUT2D eigenvalue weighted by atomic mass is 10.2. The van der Waals surface area contributed by atoms with Crippen LogP contribution in [0.2, 0.25) is 0 Å². The van der Waals surface area contributed by atoms with Crippen molar-refractivity contribution in [2.45, 2.75) is 32.9 Å². The van der Waals surface area contributed by atoms with Gasteiger partial charge in [-0.2, -0.15) is 0 Å². The van der Waals surface area contributed by atoms with Crippen LogP contribution < -0.4 is 10.1 Å². The minimum atomic E-state index is -0.533. The molecule has 2 N–H and O–H groups in total. The van der Waals surface area contributed by atoms with Gasteiger partial charge in [-0.15, -0.1) is 0 Å². The Kier molecular flexibility index (Phi) is 6.31. The van der Waals surface area contributed by atoms with E-state index in [1.807, 2.05) is 67.6 Å². The van der Waals surface area contributed by atoms with E-state index in [1.54, 1.807) is 12.0 Å². The molecule has 1 amide bonds. The number of halogens is 1. The average molecular weight is 457 g/mol. The lowest BCUT2D eigenvalue weighted by Gasteiger charge is -2.24. The molecule has 0 atom stereocenters. The smallest absolute Gasteiger partial charge is 0.410 e. The molecular formula is C18H24IN3O3. The molecule has 0 saturated carbocycles. The number of ether oxygens (including phenoxy) is 2. The molecule has 1 aliphatic rings. The Balaban J connectivity index is 2.02. The summed E-state index contributed by atoms with van der Waals surface area (Å²) in [7, 11) is 1.64. The Morgan fingerprint density at radius 2 is 1.92 bits per heavy atom. The second-order valence-corrected chi connectivity index (χ2v) is 7.89. The molecule has 0 aromatic heterocycles. The van der Waals surface area contributed by atoms with Gasteiger partial charge in [-0.05, 0) is 61.1 Å². The molecule has 0 bridgehead atoms. The zero-order valence-electron chi connectivity index (χ0n) is 15.0. The van der Waals surface area contributed by atoms with E-state index in [-0.39, 0.29) is 6.09 Å². The van der Waals surface area contributed by atoms with Gasteiger partial charge in [-0.3, -0.25) is 10.3 Å². The fourth-order valence-corrected chi connectivity index (χ4v) is 2.90. The highest BCUT2D eigenvalue weighted by Gasteiger charge is 2.30. The predicted molar refractivity (Wildman–Crippen MR) is 106 cm³/mol. The van der Waals surface area contributed by atoms with E-state index >= 15 is 0 Å². The third kappa shape index (κ3) is 5.62. The van der Waals surface area contributed by atoms with Crippen molar-refractivity contribution in [2.75, 3.05) is 20.2 Å². The molecule has 7 heteroatoms. The van der Waals surface area contributed by atoms with Gasteiger partial charge in [0.15, 0.2) is 0 Å². The second kappa shape index (κ2) is 8.07. The number of carbonyl (C=O) groups is 1. The number of benzene rings is 1. The molecule has 0 spiro atoms. The van der Waals surface area contributed by atoms with Gasteiger partial charge in [0.1, 0.15) is 11.4 Å². The van der Waals surface area contributed by atoms with E-state index in [0.717, 1.165) is 22.6 Å². The van der Waals surface area contributed by atoms with Crippen LogP contribution in [0.1, 0.15) is 26.3 Å². The van der Waals surface area contributed by atoms with Crippen molar-refractivity contribution >= 4 is 32.4 Å². The van der Waals surface area contributed by atoms with Gasteiger partial charge in [-0.1, -0.05) is 12.1 Å². The molecule has 0 radical (unpaired) electrons. The largest absolute Gasteiger partial charge is 0.497 e. The first-order chi connectivity index (χ1) is 11.7. The Morgan fingerprint density at radius 3 is 2.44 bits per heavy atom. The Morgan fingerprint density at radius 1 is 1.28 bits per heavy atom. The zero-order valence-corrected chi connectivity index (χ0v) is 17.1. The van der Waals surface area contributed by atoms with Crippen LogP contribution in [-0.4, -0.2) is 40.5 Å². The number of rotatable bonds is 5. The number of hydrogen-bond acceptors (Lipinski definition) is 5. The van der Waals surface area contributed by atoms with E-state index < -0.39 is 5.60 Å². The second-order valence-electron chi connectivity index (χ2n) is 6.81. The highest BCUT2D eigenvalue weighted by Crippen LogP contribution is 2.22. The highest BCUT2D eigenvalue weighted by atomic mass is 127. The third-order valence-corrected chi connectivity index (χ3v) is 4.29. The maximum atomic E-state index is 12.3. The SMILES string of the molecule is COc1ccc(CNC2=C(C(=N)I)CN(C(=O)OC(C)(C)C)C2)cc1. The molecule has 1 aromatic carbocycles. The van der Waals surface area contributed by atoms with Crippen LogP contribution in [0.25, 0.3) is 0 Å². The molecule has 0 unspecified atom stereocenters. The zero-order chi connectivity index (χ0) is 18.6. The average Bonchev–Trinajstić information content (AvgIpc) is 2.96. The van der Waals surface area contributed by atoms with Crippen LogP contribution in [0.5, 0.6) is 5.75 Å². The first kappa shape index (κ1) is 19.6. The number of methoxy groups -OCH3 is 1. The summed E-state index contributed by atoms with van der Waals surface area (Å²) >= 11 is 1.98. The Bertz CT molecular complexity index is 678. The van der Waals surface area contributed by atoms with E-state index in [0.29, 0.717) is 23.4 Å². The molecule has 136 valence electrons. The van der Waals surface area contributed by atoms with Gasteiger partial charge < -0.3 is 14.8 Å². The highest BCUT2D eigenvalue weighted by molar-refractivity contribution is 14.1. The first-order valence-electron chi connectivity index (χ1n) is 8.01. The predicted octanol–water partition coefficient (Wildman–Crippen LogP) is 3.70. The van der Waals surface area contributed by atoms with Crippen molar-refractivity contribution in [3.63, 3.8) is 0 Å². The van der Waals surface area contributed by atoms with Crippen molar-refractivity contribution in [1.29, 1.82) is 5.41 Å². The minimum Gasteiger partial charge on any atom is -0.497 e. The summed E-state index contributed by atoms with van der Waals surface area (Å²) < 4.78 is 11.0. The summed E-state index contributed by atoms with van der Waals surface area (Å²) in [6.45, 7) is 6.97. The number of nitrogens with one attached hydrogen (secondary N) is 2. The maximum Gasteiger partial charge on any atom is 0.410 e. The van der Waals surface area contributed by atoms with E-state index in [4.69, 9.17) is 14.9 Å². The van der Waals surface area contributed by atoms with Crippen molar-refractivity contribution in [1.82, 2.24) is 10.2 Å². The molecule has 25 heavy (non-hydrogen) atoms. The van der Waals surface area contributed by atoms with E-state index in [1.165, 1.54) is 0 Å². The van der Waals surface area contributed by atoms with E-state index in [9.17, 15) is 4.79 Å². The quantitative estimate of drug-likeness (QED) is 0.523. The fourth-order valence-electron chi connectivity index (χ4n) is 2.40. The van der Waals surface area contributed by atoms with Crippen LogP contribution in [0.15, 0.2) is 35.5 Å². The van der Waals surface area contributed by atoms with Crippen molar-refractivity contribution in [3.8, 4) is 5.75 Å². The summed E-state index contributed by atoms with van der Waals surface area (Å²) in [5.74, 6) is 0.815. The van der Waals surface area contributed by atoms with Crippen LogP contribution in [0, 0.1) is 5.41 Å². The molecule has 2 rings (SSSR count). The lowest BCUT2D eigenvalue weighted by Crippen LogP contribution is -2.36. The summed E-state index contributed by atoms with van der Waals surface area (Å²) in [6.07, 6.45) is -0.358. The minimum absolute atomic E-state index is 0.358. The van der Waals surface area contributed by atoms with Gasteiger partial charge in [0.25, 0.3) is 0 Å². The molecule has 1 aromatic rings. The van der Waals surface area contributed by atoms with Gasteiger partial charge in [-0.25, -0.2) is 4.79 Å². The molecular weight excluding hydrogens is 433 g/mol. The van der Waals surface area contributed by atoms with Gasteiger partial charge in [0.2, 0.25) is 0 Å². The number of nitrogens with zero attached hydrogens (tertiary/aromatic N) is 1. The summed E-state index contributed by atoms with van der Waals surface area (Å²) in [4.78, 5) is 13.9. The number of hydrogen-bond donors (Lipinski definition) is 2. The van der Waals surface area contributed by atoms with Gasteiger partial charge in [0, 0.05) is 17.8 Å². The lowest BCUT2D eigenvalue weighted by molar-refractivity contribution is 0.0299. The first-order valence-corrected chi connectivity index (χ1v) is 9.08. The van der Waals surface area contributed by atoms with Crippen LogP contribution in [0.3, 0.4) is 0 Å². The van der Waals surface area contributed by atoms with Crippen LogP contribution >= 0.6 is 22.6 Å². The van der Waals surface area contributed by atoms with Crippen LogP contribution in [-0.2, 0) is 11.3 Å². The fraction of sp³-hybridized carbons (Fsp3) is 0.444. The van der Waals surface area contributed by atoms with Crippen molar-refractivity contribution < 1.29 is 14.3 Å². The van der Waals surface area contributed by atoms with E-state index in [2.05, 4.69) is 5.32 Å². The van der Waals surface area contributed by atoms with Gasteiger partial charge in [0.05, 0.1) is 23.9 Å². The molecule has 0 saturated heterocycles.